The smallest absolute Gasteiger partial charge is 0.127 e. The molecule has 0 atom stereocenters. The van der Waals surface area contributed by atoms with Gasteiger partial charge in [-0.1, -0.05) is 28.1 Å². The minimum atomic E-state index is 1.13. The first-order chi connectivity index (χ1) is 10.3. The normalized spacial score (nSPS) is 22.1. The molecule has 2 heterocycles. The molecule has 0 aliphatic carbocycles. The second-order valence-corrected chi connectivity index (χ2v) is 6.75. The van der Waals surface area contributed by atoms with Gasteiger partial charge in [-0.2, -0.15) is 0 Å². The van der Waals surface area contributed by atoms with Gasteiger partial charge in [0.2, 0.25) is 0 Å². The molecule has 1 aliphatic heterocycles. The molecule has 3 nitrogen and oxygen atoms in total. The van der Waals surface area contributed by atoms with Crippen molar-refractivity contribution >= 4 is 15.9 Å². The van der Waals surface area contributed by atoms with Gasteiger partial charge in [0.05, 0.1) is 0 Å². The molecule has 0 saturated carbocycles. The molecule has 1 aliphatic rings. The van der Waals surface area contributed by atoms with Crippen LogP contribution < -0.4 is 9.80 Å². The van der Waals surface area contributed by atoms with Crippen molar-refractivity contribution in [3.8, 4) is 0 Å². The molecule has 0 unspecified atom stereocenters. The second-order valence-electron chi connectivity index (χ2n) is 5.84. The predicted molar refractivity (Wildman–Crippen MR) is 87.2 cm³/mol. The molecule has 21 heavy (non-hydrogen) atoms. The minimum absolute atomic E-state index is 1.13. The zero-order valence-corrected chi connectivity index (χ0v) is 13.8. The fraction of sp³-hybridized carbons (Fsp3) is 0.353. The van der Waals surface area contributed by atoms with Crippen molar-refractivity contribution in [2.24, 2.45) is 0 Å². The minimum Gasteiger partial charge on any atom is -0.322 e. The molecule has 3 rings (SSSR count). The molecule has 0 spiro atoms. The third-order valence-electron chi connectivity index (χ3n) is 4.21. The van der Waals surface area contributed by atoms with Gasteiger partial charge in [-0.15, -0.1) is 0 Å². The van der Waals surface area contributed by atoms with Gasteiger partial charge in [0.1, 0.15) is 39.3 Å². The van der Waals surface area contributed by atoms with Crippen molar-refractivity contribution in [2.45, 2.75) is 13.1 Å². The first-order valence-electron chi connectivity index (χ1n) is 7.60. The van der Waals surface area contributed by atoms with Gasteiger partial charge < -0.3 is 9.80 Å². The number of hydrogen-bond donors (Lipinski definition) is 2. The Balaban J connectivity index is 1.49. The van der Waals surface area contributed by atoms with Gasteiger partial charge in [-0.3, -0.25) is 4.98 Å². The summed E-state index contributed by atoms with van der Waals surface area (Å²) in [4.78, 5) is 7.48. The lowest BCUT2D eigenvalue weighted by Gasteiger charge is -2.29. The molecule has 1 aromatic carbocycles. The molecule has 2 N–H and O–H groups in total. The summed E-state index contributed by atoms with van der Waals surface area (Å²) in [7, 11) is 0. The number of benzene rings is 1. The van der Waals surface area contributed by atoms with Crippen molar-refractivity contribution < 1.29 is 9.80 Å². The zero-order chi connectivity index (χ0) is 14.5. The van der Waals surface area contributed by atoms with Gasteiger partial charge in [0, 0.05) is 28.0 Å². The lowest BCUT2D eigenvalue weighted by molar-refractivity contribution is -1.02. The van der Waals surface area contributed by atoms with Gasteiger partial charge in [-0.25, -0.2) is 0 Å². The van der Waals surface area contributed by atoms with Gasteiger partial charge >= 0.3 is 0 Å². The molecule has 1 aromatic heterocycles. The van der Waals surface area contributed by atoms with Crippen molar-refractivity contribution in [1.29, 1.82) is 0 Å². The van der Waals surface area contributed by atoms with E-state index in [9.17, 15) is 0 Å². The fourth-order valence-electron chi connectivity index (χ4n) is 3.04. The van der Waals surface area contributed by atoms with Gasteiger partial charge in [-0.05, 0) is 24.3 Å². The van der Waals surface area contributed by atoms with Crippen LogP contribution in [0.15, 0.2) is 53.3 Å². The number of nitrogens with one attached hydrogen (secondary N) is 2. The summed E-state index contributed by atoms with van der Waals surface area (Å²) in [5, 5.41) is 0. The maximum Gasteiger partial charge on any atom is 0.127 e. The molecule has 1 fully saturated rings. The summed E-state index contributed by atoms with van der Waals surface area (Å²) >= 11 is 3.56. The number of rotatable bonds is 4. The van der Waals surface area contributed by atoms with Crippen molar-refractivity contribution in [2.75, 3.05) is 26.2 Å². The maximum absolute atomic E-state index is 4.09. The quantitative estimate of drug-likeness (QED) is 0.817. The lowest BCUT2D eigenvalue weighted by atomic mass is 10.2. The highest BCUT2D eigenvalue weighted by Crippen LogP contribution is 2.10. The predicted octanol–water partition coefficient (Wildman–Crippen LogP) is 0.328. The number of pyridine rings is 1. The summed E-state index contributed by atoms with van der Waals surface area (Å²) in [5.41, 5.74) is 2.83. The monoisotopic (exact) mass is 347 g/mol. The number of nitrogens with zero attached hydrogens (tertiary/aromatic N) is 1. The van der Waals surface area contributed by atoms with Crippen LogP contribution in [0.1, 0.15) is 11.1 Å². The molecule has 110 valence electrons. The Morgan fingerprint density at radius 3 is 2.10 bits per heavy atom. The third kappa shape index (κ3) is 4.37. The lowest BCUT2D eigenvalue weighted by Crippen LogP contribution is -3.27. The highest BCUT2D eigenvalue weighted by molar-refractivity contribution is 9.10. The summed E-state index contributed by atoms with van der Waals surface area (Å²) in [5.74, 6) is 0. The highest BCUT2D eigenvalue weighted by Gasteiger charge is 2.22. The van der Waals surface area contributed by atoms with Crippen molar-refractivity contribution in [3.05, 3.63) is 64.4 Å². The average Bonchev–Trinajstić information content (AvgIpc) is 2.50. The Kier molecular flexibility index (Phi) is 5.01. The molecule has 0 bridgehead atoms. The summed E-state index contributed by atoms with van der Waals surface area (Å²) in [6.07, 6.45) is 3.78. The van der Waals surface area contributed by atoms with E-state index in [2.05, 4.69) is 57.3 Å². The van der Waals surface area contributed by atoms with E-state index in [4.69, 9.17) is 0 Å². The highest BCUT2D eigenvalue weighted by atomic mass is 79.9. The third-order valence-corrected chi connectivity index (χ3v) is 4.70. The Morgan fingerprint density at radius 1 is 0.857 bits per heavy atom. The molecule has 2 aromatic rings. The Labute approximate surface area is 134 Å². The summed E-state index contributed by atoms with van der Waals surface area (Å²) < 4.78 is 1.18. The SMILES string of the molecule is Brc1cccc(C[NH+]2CC[NH+](Cc3ccncc3)CC2)c1. The molecular formula is C17H22BrN3+2. The number of piperazine rings is 1. The topological polar surface area (TPSA) is 21.8 Å². The van der Waals surface area contributed by atoms with E-state index < -0.39 is 0 Å². The van der Waals surface area contributed by atoms with E-state index in [-0.39, 0.29) is 0 Å². The Morgan fingerprint density at radius 2 is 1.48 bits per heavy atom. The standard InChI is InChI=1S/C17H20BrN3/c18-17-3-1-2-16(12-17)14-21-10-8-20(9-11-21)13-15-4-6-19-7-5-15/h1-7,12H,8-11,13-14H2/p+2. The van der Waals surface area contributed by atoms with Crippen LogP contribution in [0, 0.1) is 0 Å². The second kappa shape index (κ2) is 7.16. The van der Waals surface area contributed by atoms with E-state index in [0.717, 1.165) is 13.1 Å². The fourth-order valence-corrected chi connectivity index (χ4v) is 3.48. The van der Waals surface area contributed by atoms with Crippen LogP contribution in [0.25, 0.3) is 0 Å². The van der Waals surface area contributed by atoms with Crippen LogP contribution in [0.5, 0.6) is 0 Å². The number of hydrogen-bond acceptors (Lipinski definition) is 1. The molecule has 1 saturated heterocycles. The first kappa shape index (κ1) is 14.7. The van der Waals surface area contributed by atoms with E-state index in [0.29, 0.717) is 0 Å². The van der Waals surface area contributed by atoms with Gasteiger partial charge in [0.15, 0.2) is 0 Å². The van der Waals surface area contributed by atoms with Crippen molar-refractivity contribution in [1.82, 2.24) is 4.98 Å². The van der Waals surface area contributed by atoms with Gasteiger partial charge in [0.25, 0.3) is 0 Å². The summed E-state index contributed by atoms with van der Waals surface area (Å²) in [6, 6.07) is 13.0. The number of aromatic nitrogens is 1. The molecule has 4 heteroatoms. The maximum atomic E-state index is 4.09. The molecular weight excluding hydrogens is 326 g/mol. The van der Waals surface area contributed by atoms with Crippen LogP contribution in [0.4, 0.5) is 0 Å². The number of halogens is 1. The summed E-state index contributed by atoms with van der Waals surface area (Å²) in [6.45, 7) is 7.30. The van der Waals surface area contributed by atoms with E-state index in [1.165, 1.54) is 41.8 Å². The van der Waals surface area contributed by atoms with E-state index in [1.54, 1.807) is 9.80 Å². The van der Waals surface area contributed by atoms with Crippen LogP contribution in [-0.2, 0) is 13.1 Å². The van der Waals surface area contributed by atoms with E-state index >= 15 is 0 Å². The van der Waals surface area contributed by atoms with Crippen LogP contribution in [0.2, 0.25) is 0 Å². The average molecular weight is 348 g/mol. The number of quaternary nitrogens is 2. The Hall–Kier alpha value is -1.23. The molecule has 0 amide bonds. The van der Waals surface area contributed by atoms with Crippen LogP contribution in [-0.4, -0.2) is 31.2 Å². The Bertz CT molecular complexity index is 565. The van der Waals surface area contributed by atoms with E-state index in [1.807, 2.05) is 12.4 Å². The largest absolute Gasteiger partial charge is 0.322 e. The van der Waals surface area contributed by atoms with Crippen LogP contribution >= 0.6 is 15.9 Å². The van der Waals surface area contributed by atoms with Crippen LogP contribution in [0.3, 0.4) is 0 Å². The molecule has 0 radical (unpaired) electrons. The zero-order valence-electron chi connectivity index (χ0n) is 12.2. The van der Waals surface area contributed by atoms with Crippen molar-refractivity contribution in [3.63, 3.8) is 0 Å². The first-order valence-corrected chi connectivity index (χ1v) is 8.39.